The molecule has 0 fully saturated rings. The van der Waals surface area contributed by atoms with Crippen molar-refractivity contribution in [2.75, 3.05) is 19.0 Å². The Hall–Kier alpha value is -2.18. The number of imidazole rings is 1. The maximum absolute atomic E-state index is 12.1. The van der Waals surface area contributed by atoms with Gasteiger partial charge in [0.1, 0.15) is 5.69 Å². The van der Waals surface area contributed by atoms with Crippen LogP contribution in [-0.4, -0.2) is 29.1 Å². The molecule has 1 aromatic heterocycles. The van der Waals surface area contributed by atoms with E-state index in [1.54, 1.807) is 24.2 Å². The lowest BCUT2D eigenvalue weighted by molar-refractivity contribution is 0.102. The monoisotopic (exact) mass is 274 g/mol. The van der Waals surface area contributed by atoms with Crippen molar-refractivity contribution in [2.24, 2.45) is 5.73 Å². The average Bonchev–Trinajstić information content (AvgIpc) is 2.90. The summed E-state index contributed by atoms with van der Waals surface area (Å²) in [6.45, 7) is 1.59. The number of hydrogen-bond acceptors (Lipinski definition) is 4. The summed E-state index contributed by atoms with van der Waals surface area (Å²) >= 11 is 0. The fraction of sp³-hybridized carbons (Fsp3) is 0.286. The van der Waals surface area contributed by atoms with Crippen molar-refractivity contribution < 1.29 is 9.53 Å². The molecular weight excluding hydrogens is 256 g/mol. The Bertz CT molecular complexity index is 580. The van der Waals surface area contributed by atoms with E-state index in [2.05, 4.69) is 10.3 Å². The fourth-order valence-electron chi connectivity index (χ4n) is 1.86. The summed E-state index contributed by atoms with van der Waals surface area (Å²) in [6.07, 6.45) is 3.28. The van der Waals surface area contributed by atoms with Crippen molar-refractivity contribution in [1.82, 2.24) is 9.55 Å². The van der Waals surface area contributed by atoms with Crippen LogP contribution in [0.5, 0.6) is 0 Å². The number of benzene rings is 1. The van der Waals surface area contributed by atoms with Crippen LogP contribution in [0.15, 0.2) is 36.8 Å². The first-order valence-corrected chi connectivity index (χ1v) is 6.34. The molecule has 0 aliphatic carbocycles. The second kappa shape index (κ2) is 6.83. The Morgan fingerprint density at radius 3 is 3.00 bits per heavy atom. The molecule has 3 N–H and O–H groups in total. The highest BCUT2D eigenvalue weighted by molar-refractivity contribution is 6.03. The van der Waals surface area contributed by atoms with Gasteiger partial charge in [-0.1, -0.05) is 18.2 Å². The van der Waals surface area contributed by atoms with Crippen LogP contribution in [-0.2, 0) is 17.9 Å². The van der Waals surface area contributed by atoms with E-state index >= 15 is 0 Å². The summed E-state index contributed by atoms with van der Waals surface area (Å²) < 4.78 is 6.89. The molecular formula is C14H18N4O2. The van der Waals surface area contributed by atoms with Crippen molar-refractivity contribution in [3.05, 3.63) is 48.0 Å². The van der Waals surface area contributed by atoms with Gasteiger partial charge >= 0.3 is 0 Å². The number of methoxy groups -OCH3 is 1. The number of rotatable bonds is 6. The molecule has 0 radical (unpaired) electrons. The number of nitrogens with two attached hydrogens (primary N) is 1. The van der Waals surface area contributed by atoms with Crippen LogP contribution >= 0.6 is 0 Å². The first kappa shape index (κ1) is 14.2. The van der Waals surface area contributed by atoms with Gasteiger partial charge in [-0.2, -0.15) is 0 Å². The highest BCUT2D eigenvalue weighted by Gasteiger charge is 2.11. The highest BCUT2D eigenvalue weighted by atomic mass is 16.5. The number of carbonyl (C=O) groups is 1. The molecule has 1 heterocycles. The highest BCUT2D eigenvalue weighted by Crippen LogP contribution is 2.16. The van der Waals surface area contributed by atoms with Gasteiger partial charge in [-0.25, -0.2) is 4.98 Å². The molecule has 2 rings (SSSR count). The molecule has 0 aliphatic heterocycles. The van der Waals surface area contributed by atoms with E-state index in [1.165, 1.54) is 0 Å². The summed E-state index contributed by atoms with van der Waals surface area (Å²) in [4.78, 5) is 16.2. The molecule has 1 aromatic carbocycles. The SMILES string of the molecule is COCc1ccccc1NC(=O)c1cn(CCN)cn1. The standard InChI is InChI=1S/C14H18N4O2/c1-20-9-11-4-2-3-5-12(11)17-14(19)13-8-18(7-6-15)10-16-13/h2-5,8,10H,6-7,9,15H2,1H3,(H,17,19). The van der Waals surface area contributed by atoms with Crippen LogP contribution in [0, 0.1) is 0 Å². The van der Waals surface area contributed by atoms with E-state index in [-0.39, 0.29) is 5.91 Å². The van der Waals surface area contributed by atoms with Crippen molar-refractivity contribution in [1.29, 1.82) is 0 Å². The molecule has 0 saturated carbocycles. The van der Waals surface area contributed by atoms with E-state index in [1.807, 2.05) is 24.3 Å². The molecule has 1 amide bonds. The van der Waals surface area contributed by atoms with Gasteiger partial charge in [0, 0.05) is 37.6 Å². The van der Waals surface area contributed by atoms with Gasteiger partial charge in [0.15, 0.2) is 0 Å². The van der Waals surface area contributed by atoms with Crippen molar-refractivity contribution in [2.45, 2.75) is 13.2 Å². The number of ether oxygens (including phenoxy) is 1. The maximum atomic E-state index is 12.1. The number of carbonyl (C=O) groups excluding carboxylic acids is 1. The van der Waals surface area contributed by atoms with E-state index in [4.69, 9.17) is 10.5 Å². The maximum Gasteiger partial charge on any atom is 0.275 e. The Labute approximate surface area is 117 Å². The minimum Gasteiger partial charge on any atom is -0.380 e. The smallest absolute Gasteiger partial charge is 0.275 e. The molecule has 0 saturated heterocycles. The number of nitrogens with zero attached hydrogens (tertiary/aromatic N) is 2. The van der Waals surface area contributed by atoms with Gasteiger partial charge in [0.25, 0.3) is 5.91 Å². The molecule has 0 bridgehead atoms. The first-order chi connectivity index (χ1) is 9.74. The van der Waals surface area contributed by atoms with Crippen LogP contribution in [0.1, 0.15) is 16.1 Å². The van der Waals surface area contributed by atoms with E-state index in [0.29, 0.717) is 25.4 Å². The van der Waals surface area contributed by atoms with Gasteiger partial charge < -0.3 is 20.4 Å². The zero-order valence-corrected chi connectivity index (χ0v) is 11.4. The van der Waals surface area contributed by atoms with E-state index in [0.717, 1.165) is 11.3 Å². The molecule has 6 heteroatoms. The number of nitrogens with one attached hydrogen (secondary N) is 1. The molecule has 0 atom stereocenters. The third kappa shape index (κ3) is 3.43. The fourth-order valence-corrected chi connectivity index (χ4v) is 1.86. The lowest BCUT2D eigenvalue weighted by Crippen LogP contribution is -2.14. The number of para-hydroxylation sites is 1. The first-order valence-electron chi connectivity index (χ1n) is 6.34. The van der Waals surface area contributed by atoms with Crippen LogP contribution in [0.3, 0.4) is 0 Å². The molecule has 2 aromatic rings. The van der Waals surface area contributed by atoms with Crippen LogP contribution in [0.2, 0.25) is 0 Å². The summed E-state index contributed by atoms with van der Waals surface area (Å²) in [7, 11) is 1.62. The molecule has 0 unspecified atom stereocenters. The minimum atomic E-state index is -0.246. The van der Waals surface area contributed by atoms with E-state index in [9.17, 15) is 4.79 Å². The van der Waals surface area contributed by atoms with Crippen molar-refractivity contribution in [3.63, 3.8) is 0 Å². The molecule has 6 nitrogen and oxygen atoms in total. The summed E-state index contributed by atoms with van der Waals surface area (Å²) in [6, 6.07) is 7.51. The summed E-state index contributed by atoms with van der Waals surface area (Å²) in [5.41, 5.74) is 7.48. The third-order valence-corrected chi connectivity index (χ3v) is 2.82. The Balaban J connectivity index is 2.10. The Morgan fingerprint density at radius 2 is 2.25 bits per heavy atom. The summed E-state index contributed by atoms with van der Waals surface area (Å²) in [5, 5.41) is 2.84. The molecule has 0 aliphatic rings. The lowest BCUT2D eigenvalue weighted by Gasteiger charge is -2.09. The predicted octanol–water partition coefficient (Wildman–Crippen LogP) is 1.24. The quantitative estimate of drug-likeness (QED) is 0.830. The number of anilines is 1. The second-order valence-electron chi connectivity index (χ2n) is 4.33. The average molecular weight is 274 g/mol. The second-order valence-corrected chi connectivity index (χ2v) is 4.33. The molecule has 20 heavy (non-hydrogen) atoms. The summed E-state index contributed by atoms with van der Waals surface area (Å²) in [5.74, 6) is -0.246. The molecule has 0 spiro atoms. The van der Waals surface area contributed by atoms with E-state index < -0.39 is 0 Å². The predicted molar refractivity (Wildman–Crippen MR) is 76.4 cm³/mol. The van der Waals surface area contributed by atoms with Gasteiger partial charge in [-0.05, 0) is 6.07 Å². The zero-order chi connectivity index (χ0) is 14.4. The van der Waals surface area contributed by atoms with Gasteiger partial charge in [0.05, 0.1) is 12.9 Å². The zero-order valence-electron chi connectivity index (χ0n) is 11.4. The minimum absolute atomic E-state index is 0.246. The largest absolute Gasteiger partial charge is 0.380 e. The Morgan fingerprint density at radius 1 is 1.45 bits per heavy atom. The van der Waals surface area contributed by atoms with Gasteiger partial charge in [-0.3, -0.25) is 4.79 Å². The van der Waals surface area contributed by atoms with Crippen LogP contribution in [0.4, 0.5) is 5.69 Å². The number of hydrogen-bond donors (Lipinski definition) is 2. The number of amides is 1. The van der Waals surface area contributed by atoms with Crippen LogP contribution in [0.25, 0.3) is 0 Å². The number of aromatic nitrogens is 2. The third-order valence-electron chi connectivity index (χ3n) is 2.82. The van der Waals surface area contributed by atoms with Crippen LogP contribution < -0.4 is 11.1 Å². The van der Waals surface area contributed by atoms with Gasteiger partial charge in [-0.15, -0.1) is 0 Å². The topological polar surface area (TPSA) is 82.2 Å². The lowest BCUT2D eigenvalue weighted by atomic mass is 10.2. The molecule has 106 valence electrons. The Kier molecular flexibility index (Phi) is 4.86. The van der Waals surface area contributed by atoms with Gasteiger partial charge in [0.2, 0.25) is 0 Å². The van der Waals surface area contributed by atoms with Crippen molar-refractivity contribution >= 4 is 11.6 Å². The van der Waals surface area contributed by atoms with Crippen molar-refractivity contribution in [3.8, 4) is 0 Å². The normalized spacial score (nSPS) is 10.5.